The number of carbonyl (C=O) groups is 1. The number of amides is 1. The zero-order valence-electron chi connectivity index (χ0n) is 12.1. The number of hydrogen-bond acceptors (Lipinski definition) is 2. The number of thioether (sulfide) groups is 1. The lowest BCUT2D eigenvalue weighted by Gasteiger charge is -2.18. The molecule has 2 aromatic rings. The first-order valence-corrected chi connectivity index (χ1v) is 7.75. The lowest BCUT2D eigenvalue weighted by Crippen LogP contribution is -2.27. The molecular weight excluding hydrogens is 285 g/mol. The first-order valence-electron chi connectivity index (χ1n) is 6.76. The Morgan fingerprint density at radius 3 is 2.33 bits per heavy atom. The summed E-state index contributed by atoms with van der Waals surface area (Å²) in [6, 6.07) is 14.4. The van der Waals surface area contributed by atoms with Crippen molar-refractivity contribution in [2.75, 3.05) is 5.75 Å². The Morgan fingerprint density at radius 2 is 1.76 bits per heavy atom. The second kappa shape index (κ2) is 7.27. The molecule has 4 heteroatoms. The number of hydrogen-bond donors (Lipinski definition) is 1. The van der Waals surface area contributed by atoms with Crippen molar-refractivity contribution in [3.05, 3.63) is 65.5 Å². The van der Waals surface area contributed by atoms with E-state index in [2.05, 4.69) is 29.6 Å². The Kier molecular flexibility index (Phi) is 5.39. The molecule has 0 aliphatic heterocycles. The van der Waals surface area contributed by atoms with Crippen LogP contribution in [0.25, 0.3) is 0 Å². The highest BCUT2D eigenvalue weighted by Gasteiger charge is 2.13. The van der Waals surface area contributed by atoms with Gasteiger partial charge >= 0.3 is 0 Å². The van der Waals surface area contributed by atoms with Crippen LogP contribution in [0.5, 0.6) is 0 Å². The third-order valence-electron chi connectivity index (χ3n) is 3.09. The van der Waals surface area contributed by atoms with Crippen LogP contribution in [-0.4, -0.2) is 11.7 Å². The number of nitrogens with one attached hydrogen (secondary N) is 1. The van der Waals surface area contributed by atoms with E-state index in [1.165, 1.54) is 24.6 Å². The molecule has 0 radical (unpaired) electrons. The minimum atomic E-state index is -0.272. The van der Waals surface area contributed by atoms with Crippen molar-refractivity contribution >= 4 is 17.7 Å². The molecular formula is C17H18FNOS. The predicted molar refractivity (Wildman–Crippen MR) is 84.9 cm³/mol. The van der Waals surface area contributed by atoms with Gasteiger partial charge in [0.25, 0.3) is 0 Å². The van der Waals surface area contributed by atoms with Gasteiger partial charge in [-0.05, 0) is 36.8 Å². The summed E-state index contributed by atoms with van der Waals surface area (Å²) >= 11 is 1.67. The van der Waals surface area contributed by atoms with E-state index in [4.69, 9.17) is 0 Å². The van der Waals surface area contributed by atoms with E-state index in [0.29, 0.717) is 5.75 Å². The highest BCUT2D eigenvalue weighted by Crippen LogP contribution is 2.25. The highest BCUT2D eigenvalue weighted by atomic mass is 32.2. The summed E-state index contributed by atoms with van der Waals surface area (Å²) < 4.78 is 13.0. The molecule has 0 aliphatic carbocycles. The summed E-state index contributed by atoms with van der Waals surface area (Å²) in [5, 5.41) is 2.92. The zero-order chi connectivity index (χ0) is 15.2. The minimum Gasteiger partial charge on any atom is -0.349 e. The van der Waals surface area contributed by atoms with Crippen molar-refractivity contribution in [1.82, 2.24) is 5.32 Å². The summed E-state index contributed by atoms with van der Waals surface area (Å²) in [6.07, 6.45) is 0. The van der Waals surface area contributed by atoms with Crippen molar-refractivity contribution in [2.45, 2.75) is 24.8 Å². The van der Waals surface area contributed by atoms with Gasteiger partial charge in [0.2, 0.25) is 5.91 Å². The predicted octanol–water partition coefficient (Wildman–Crippen LogP) is 4.10. The van der Waals surface area contributed by atoms with E-state index in [-0.39, 0.29) is 17.8 Å². The second-order valence-corrected chi connectivity index (χ2v) is 6.02. The van der Waals surface area contributed by atoms with E-state index < -0.39 is 0 Å². The lowest BCUT2D eigenvalue weighted by atomic mass is 10.1. The van der Waals surface area contributed by atoms with Crippen LogP contribution in [0, 0.1) is 12.7 Å². The van der Waals surface area contributed by atoms with Crippen LogP contribution in [0.2, 0.25) is 0 Å². The standard InChI is InChI=1S/C17H18FNOS/c1-12-3-9-16(10-4-12)21-11-17(19-13(2)20)14-5-7-15(18)8-6-14/h3-10,17H,11H2,1-2H3,(H,19,20). The number of aryl methyl sites for hydroxylation is 1. The van der Waals surface area contributed by atoms with E-state index in [1.54, 1.807) is 23.9 Å². The van der Waals surface area contributed by atoms with E-state index >= 15 is 0 Å². The van der Waals surface area contributed by atoms with Gasteiger partial charge in [0, 0.05) is 17.6 Å². The number of carbonyl (C=O) groups excluding carboxylic acids is 1. The van der Waals surface area contributed by atoms with Crippen LogP contribution >= 0.6 is 11.8 Å². The highest BCUT2D eigenvalue weighted by molar-refractivity contribution is 7.99. The van der Waals surface area contributed by atoms with Crippen LogP contribution < -0.4 is 5.32 Å². The molecule has 2 nitrogen and oxygen atoms in total. The van der Waals surface area contributed by atoms with Crippen molar-refractivity contribution in [3.63, 3.8) is 0 Å². The van der Waals surface area contributed by atoms with Gasteiger partial charge in [-0.15, -0.1) is 11.8 Å². The fraction of sp³-hybridized carbons (Fsp3) is 0.235. The van der Waals surface area contributed by atoms with Crippen molar-refractivity contribution in [1.29, 1.82) is 0 Å². The van der Waals surface area contributed by atoms with Gasteiger partial charge in [0.1, 0.15) is 5.82 Å². The molecule has 2 rings (SSSR count). The lowest BCUT2D eigenvalue weighted by molar-refractivity contribution is -0.119. The van der Waals surface area contributed by atoms with Gasteiger partial charge in [0.15, 0.2) is 0 Å². The molecule has 21 heavy (non-hydrogen) atoms. The monoisotopic (exact) mass is 303 g/mol. The maximum absolute atomic E-state index is 13.0. The summed E-state index contributed by atoms with van der Waals surface area (Å²) in [4.78, 5) is 12.5. The summed E-state index contributed by atoms with van der Waals surface area (Å²) in [7, 11) is 0. The average Bonchev–Trinajstić information content (AvgIpc) is 2.46. The first kappa shape index (κ1) is 15.6. The molecule has 0 saturated heterocycles. The zero-order valence-corrected chi connectivity index (χ0v) is 12.9. The Morgan fingerprint density at radius 1 is 1.14 bits per heavy atom. The Hall–Kier alpha value is -1.81. The number of benzene rings is 2. The van der Waals surface area contributed by atoms with Gasteiger partial charge < -0.3 is 5.32 Å². The molecule has 1 amide bonds. The third kappa shape index (κ3) is 4.90. The van der Waals surface area contributed by atoms with Crippen molar-refractivity contribution < 1.29 is 9.18 Å². The Balaban J connectivity index is 2.07. The Labute approximate surface area is 128 Å². The minimum absolute atomic E-state index is 0.0890. The molecule has 110 valence electrons. The van der Waals surface area contributed by atoms with E-state index in [1.807, 2.05) is 6.92 Å². The number of rotatable bonds is 5. The smallest absolute Gasteiger partial charge is 0.217 e. The Bertz CT molecular complexity index is 595. The normalized spacial score (nSPS) is 12.0. The van der Waals surface area contributed by atoms with Crippen LogP contribution in [0.4, 0.5) is 4.39 Å². The fourth-order valence-electron chi connectivity index (χ4n) is 1.98. The third-order valence-corrected chi connectivity index (χ3v) is 4.19. The quantitative estimate of drug-likeness (QED) is 0.842. The molecule has 0 aliphatic rings. The molecule has 0 aromatic heterocycles. The van der Waals surface area contributed by atoms with E-state index in [0.717, 1.165) is 10.5 Å². The molecule has 0 spiro atoms. The molecule has 2 aromatic carbocycles. The van der Waals surface area contributed by atoms with Gasteiger partial charge in [-0.25, -0.2) is 4.39 Å². The first-order chi connectivity index (χ1) is 10.0. The van der Waals surface area contributed by atoms with Crippen LogP contribution in [0.15, 0.2) is 53.4 Å². The molecule has 1 unspecified atom stereocenters. The van der Waals surface area contributed by atoms with Crippen molar-refractivity contribution in [3.8, 4) is 0 Å². The van der Waals surface area contributed by atoms with Gasteiger partial charge in [-0.3, -0.25) is 4.79 Å². The van der Waals surface area contributed by atoms with E-state index in [9.17, 15) is 9.18 Å². The summed E-state index contributed by atoms with van der Waals surface area (Å²) in [6.45, 7) is 3.54. The van der Waals surface area contributed by atoms with Gasteiger partial charge in [-0.2, -0.15) is 0 Å². The fourth-order valence-corrected chi connectivity index (χ4v) is 2.94. The maximum atomic E-state index is 13.0. The second-order valence-electron chi connectivity index (χ2n) is 4.93. The summed E-state index contributed by atoms with van der Waals surface area (Å²) in [5.41, 5.74) is 2.13. The van der Waals surface area contributed by atoms with Crippen LogP contribution in [-0.2, 0) is 4.79 Å². The average molecular weight is 303 g/mol. The van der Waals surface area contributed by atoms with Gasteiger partial charge in [0.05, 0.1) is 6.04 Å². The van der Waals surface area contributed by atoms with Gasteiger partial charge in [-0.1, -0.05) is 29.8 Å². The number of halogens is 1. The molecule has 1 atom stereocenters. The molecule has 0 heterocycles. The molecule has 0 bridgehead atoms. The van der Waals surface area contributed by atoms with Crippen molar-refractivity contribution in [2.24, 2.45) is 0 Å². The van der Waals surface area contributed by atoms with Crippen LogP contribution in [0.1, 0.15) is 24.1 Å². The molecule has 0 fully saturated rings. The maximum Gasteiger partial charge on any atom is 0.217 e. The summed E-state index contributed by atoms with van der Waals surface area (Å²) in [5.74, 6) is 0.342. The molecule has 1 N–H and O–H groups in total. The molecule has 0 saturated carbocycles. The largest absolute Gasteiger partial charge is 0.349 e. The SMILES string of the molecule is CC(=O)NC(CSc1ccc(C)cc1)c1ccc(F)cc1. The van der Waals surface area contributed by atoms with Crippen LogP contribution in [0.3, 0.4) is 0 Å². The topological polar surface area (TPSA) is 29.1 Å².